The molecule has 4 rings (SSSR count). The van der Waals surface area contributed by atoms with Gasteiger partial charge in [0.2, 0.25) is 5.91 Å². The van der Waals surface area contributed by atoms with E-state index < -0.39 is 0 Å². The summed E-state index contributed by atoms with van der Waals surface area (Å²) in [5.41, 5.74) is 4.55. The summed E-state index contributed by atoms with van der Waals surface area (Å²) in [6, 6.07) is 17.5. The van der Waals surface area contributed by atoms with E-state index in [9.17, 15) is 4.79 Å². The van der Waals surface area contributed by atoms with Crippen molar-refractivity contribution in [3.05, 3.63) is 54.1 Å². The fourth-order valence-electron chi connectivity index (χ4n) is 4.09. The number of hydrogen-bond acceptors (Lipinski definition) is 2. The number of amides is 1. The second kappa shape index (κ2) is 7.63. The zero-order valence-corrected chi connectivity index (χ0v) is 15.6. The second-order valence-electron chi connectivity index (χ2n) is 7.83. The summed E-state index contributed by atoms with van der Waals surface area (Å²) in [5.74, 6) is 0.337. The molecule has 0 aromatic heterocycles. The third-order valence-corrected chi connectivity index (χ3v) is 6.00. The minimum Gasteiger partial charge on any atom is -0.326 e. The summed E-state index contributed by atoms with van der Waals surface area (Å²) in [5, 5.41) is 3.12. The number of carbonyl (C=O) groups is 1. The van der Waals surface area contributed by atoms with Crippen LogP contribution in [0.4, 0.5) is 5.69 Å². The lowest BCUT2D eigenvalue weighted by molar-refractivity contribution is -0.121. The number of nitrogens with one attached hydrogen (secondary N) is 1. The molecule has 2 aromatic carbocycles. The Kier molecular flexibility index (Phi) is 5.07. The van der Waals surface area contributed by atoms with Crippen molar-refractivity contribution in [3.8, 4) is 11.1 Å². The van der Waals surface area contributed by atoms with Crippen LogP contribution >= 0.6 is 0 Å². The highest BCUT2D eigenvalue weighted by molar-refractivity contribution is 5.92. The van der Waals surface area contributed by atoms with Gasteiger partial charge in [-0.2, -0.15) is 0 Å². The first-order valence-electron chi connectivity index (χ1n) is 9.91. The molecule has 0 spiro atoms. The van der Waals surface area contributed by atoms with Crippen LogP contribution in [0.1, 0.15) is 37.7 Å². The molecule has 2 fully saturated rings. The number of nitrogens with zero attached hydrogens (tertiary/aromatic N) is 1. The maximum absolute atomic E-state index is 12.6. The predicted octanol–water partition coefficient (Wildman–Crippen LogP) is 4.87. The molecule has 1 aliphatic carbocycles. The normalized spacial score (nSPS) is 19.1. The van der Waals surface area contributed by atoms with Crippen molar-refractivity contribution in [3.63, 3.8) is 0 Å². The van der Waals surface area contributed by atoms with Gasteiger partial charge in [-0.1, -0.05) is 48.4 Å². The Morgan fingerprint density at radius 3 is 2.31 bits per heavy atom. The van der Waals surface area contributed by atoms with Crippen LogP contribution in [0.5, 0.6) is 0 Å². The maximum atomic E-state index is 12.6. The van der Waals surface area contributed by atoms with Crippen molar-refractivity contribution in [2.75, 3.05) is 18.4 Å². The summed E-state index contributed by atoms with van der Waals surface area (Å²) in [6.45, 7) is 4.26. The van der Waals surface area contributed by atoms with E-state index >= 15 is 0 Å². The maximum Gasteiger partial charge on any atom is 0.227 e. The Morgan fingerprint density at radius 1 is 0.962 bits per heavy atom. The Balaban J connectivity index is 1.33. The average molecular weight is 348 g/mol. The van der Waals surface area contributed by atoms with Gasteiger partial charge in [0, 0.05) is 17.6 Å². The van der Waals surface area contributed by atoms with Crippen LogP contribution in [-0.2, 0) is 4.79 Å². The van der Waals surface area contributed by atoms with E-state index in [1.54, 1.807) is 0 Å². The van der Waals surface area contributed by atoms with Crippen LogP contribution in [0.2, 0.25) is 0 Å². The van der Waals surface area contributed by atoms with Crippen LogP contribution in [0.25, 0.3) is 11.1 Å². The van der Waals surface area contributed by atoms with Crippen molar-refractivity contribution in [2.45, 2.75) is 45.1 Å². The highest BCUT2D eigenvalue weighted by Crippen LogP contribution is 2.29. The molecule has 0 unspecified atom stereocenters. The number of benzene rings is 2. The molecule has 2 aromatic rings. The summed E-state index contributed by atoms with van der Waals surface area (Å²) in [6.07, 6.45) is 6.06. The SMILES string of the molecule is Cc1cccc(-c2ccc(NC(=O)C3CCN(C4CCC4)CC3)cc2)c1. The monoisotopic (exact) mass is 348 g/mol. The number of likely N-dealkylation sites (tertiary alicyclic amines) is 1. The first-order valence-corrected chi connectivity index (χ1v) is 9.91. The largest absolute Gasteiger partial charge is 0.326 e. The Morgan fingerprint density at radius 2 is 1.69 bits per heavy atom. The minimum atomic E-state index is 0.155. The lowest BCUT2D eigenvalue weighted by atomic mass is 9.87. The quantitative estimate of drug-likeness (QED) is 0.855. The number of rotatable bonds is 4. The second-order valence-corrected chi connectivity index (χ2v) is 7.83. The van der Waals surface area contributed by atoms with Crippen molar-refractivity contribution in [1.82, 2.24) is 4.90 Å². The molecule has 1 heterocycles. The number of carbonyl (C=O) groups excluding carboxylic acids is 1. The third kappa shape index (κ3) is 3.83. The van der Waals surface area contributed by atoms with E-state index in [2.05, 4.69) is 53.5 Å². The highest BCUT2D eigenvalue weighted by Gasteiger charge is 2.31. The lowest BCUT2D eigenvalue weighted by Crippen LogP contribution is -2.46. The van der Waals surface area contributed by atoms with Gasteiger partial charge in [-0.15, -0.1) is 0 Å². The van der Waals surface area contributed by atoms with Crippen molar-refractivity contribution in [2.24, 2.45) is 5.92 Å². The number of aryl methyl sites for hydroxylation is 1. The zero-order chi connectivity index (χ0) is 17.9. The van der Waals surface area contributed by atoms with Crippen LogP contribution < -0.4 is 5.32 Å². The van der Waals surface area contributed by atoms with Gasteiger partial charge in [-0.3, -0.25) is 4.79 Å². The third-order valence-electron chi connectivity index (χ3n) is 6.00. The van der Waals surface area contributed by atoms with Crippen LogP contribution in [0.15, 0.2) is 48.5 Å². The van der Waals surface area contributed by atoms with E-state index in [-0.39, 0.29) is 11.8 Å². The van der Waals surface area contributed by atoms with Gasteiger partial charge in [0.05, 0.1) is 0 Å². The van der Waals surface area contributed by atoms with E-state index in [0.717, 1.165) is 37.7 Å². The standard InChI is InChI=1S/C23H28N2O/c1-17-4-2-5-20(16-17)18-8-10-21(11-9-18)24-23(26)19-12-14-25(15-13-19)22-6-3-7-22/h2,4-5,8-11,16,19,22H,3,6-7,12-15H2,1H3,(H,24,26). The molecule has 1 N–H and O–H groups in total. The summed E-state index contributed by atoms with van der Waals surface area (Å²) in [7, 11) is 0. The fraction of sp³-hybridized carbons (Fsp3) is 0.435. The van der Waals surface area contributed by atoms with Gasteiger partial charge in [0.25, 0.3) is 0 Å². The van der Waals surface area contributed by atoms with E-state index in [1.807, 2.05) is 12.1 Å². The number of piperidine rings is 1. The molecule has 0 atom stereocenters. The van der Waals surface area contributed by atoms with E-state index in [0.29, 0.717) is 0 Å². The molecule has 0 radical (unpaired) electrons. The molecule has 26 heavy (non-hydrogen) atoms. The summed E-state index contributed by atoms with van der Waals surface area (Å²) in [4.78, 5) is 15.2. The van der Waals surface area contributed by atoms with Gasteiger partial charge in [-0.25, -0.2) is 0 Å². The van der Waals surface area contributed by atoms with E-state index in [4.69, 9.17) is 0 Å². The smallest absolute Gasteiger partial charge is 0.227 e. The topological polar surface area (TPSA) is 32.3 Å². The van der Waals surface area contributed by atoms with Crippen molar-refractivity contribution in [1.29, 1.82) is 0 Å². The van der Waals surface area contributed by atoms with E-state index in [1.165, 1.54) is 36.0 Å². The molecule has 0 bridgehead atoms. The van der Waals surface area contributed by atoms with Gasteiger partial charge in [0.15, 0.2) is 0 Å². The van der Waals surface area contributed by atoms with Crippen molar-refractivity contribution < 1.29 is 4.79 Å². The van der Waals surface area contributed by atoms with Crippen LogP contribution in [-0.4, -0.2) is 29.9 Å². The predicted molar refractivity (Wildman–Crippen MR) is 107 cm³/mol. The lowest BCUT2D eigenvalue weighted by Gasteiger charge is -2.41. The summed E-state index contributed by atoms with van der Waals surface area (Å²) >= 11 is 0. The molecule has 1 saturated carbocycles. The molecule has 3 heteroatoms. The molecular weight excluding hydrogens is 320 g/mol. The fourth-order valence-corrected chi connectivity index (χ4v) is 4.09. The summed E-state index contributed by atoms with van der Waals surface area (Å²) < 4.78 is 0. The average Bonchev–Trinajstić information content (AvgIpc) is 2.61. The minimum absolute atomic E-state index is 0.155. The van der Waals surface area contributed by atoms with Gasteiger partial charge in [0.1, 0.15) is 0 Å². The molecular formula is C23H28N2O. The van der Waals surface area contributed by atoms with Crippen molar-refractivity contribution >= 4 is 11.6 Å². The van der Waals surface area contributed by atoms with Gasteiger partial charge >= 0.3 is 0 Å². The van der Waals surface area contributed by atoms with Gasteiger partial charge in [-0.05, 0) is 69.0 Å². The number of anilines is 1. The Hall–Kier alpha value is -2.13. The zero-order valence-electron chi connectivity index (χ0n) is 15.6. The molecule has 1 amide bonds. The molecule has 2 aliphatic rings. The Bertz CT molecular complexity index is 756. The van der Waals surface area contributed by atoms with Crippen LogP contribution in [0, 0.1) is 12.8 Å². The number of hydrogen-bond donors (Lipinski definition) is 1. The highest BCUT2D eigenvalue weighted by atomic mass is 16.1. The molecule has 3 nitrogen and oxygen atoms in total. The van der Waals surface area contributed by atoms with Gasteiger partial charge < -0.3 is 10.2 Å². The molecule has 136 valence electrons. The first-order chi connectivity index (χ1) is 12.7. The Labute approximate surface area is 156 Å². The molecule has 1 saturated heterocycles. The first kappa shape index (κ1) is 17.3. The molecule has 1 aliphatic heterocycles. The van der Waals surface area contributed by atoms with Crippen LogP contribution in [0.3, 0.4) is 0 Å².